The lowest BCUT2D eigenvalue weighted by atomic mass is 10.1. The molecule has 0 unspecified atom stereocenters. The Morgan fingerprint density at radius 1 is 1.00 bits per heavy atom. The van der Waals surface area contributed by atoms with E-state index in [-0.39, 0.29) is 24.1 Å². The molecule has 8 nitrogen and oxygen atoms in total. The van der Waals surface area contributed by atoms with Gasteiger partial charge in [0.1, 0.15) is 6.61 Å². The highest BCUT2D eigenvalue weighted by molar-refractivity contribution is 6.02. The Labute approximate surface area is 166 Å². The summed E-state index contributed by atoms with van der Waals surface area (Å²) in [5.41, 5.74) is 2.29. The van der Waals surface area contributed by atoms with Crippen molar-refractivity contribution < 1.29 is 33.4 Å². The number of anilines is 1. The van der Waals surface area contributed by atoms with E-state index in [9.17, 15) is 19.2 Å². The lowest BCUT2D eigenvalue weighted by Crippen LogP contribution is -2.08. The van der Waals surface area contributed by atoms with E-state index in [0.717, 1.165) is 0 Å². The van der Waals surface area contributed by atoms with Gasteiger partial charge in [0.25, 0.3) is 0 Å². The highest BCUT2D eigenvalue weighted by Gasteiger charge is 2.21. The lowest BCUT2D eigenvalue weighted by Gasteiger charge is -2.09. The zero-order valence-electron chi connectivity index (χ0n) is 15.7. The lowest BCUT2D eigenvalue weighted by molar-refractivity contribution is -0.134. The normalized spacial score (nSPS) is 12.3. The third-order valence-electron chi connectivity index (χ3n) is 3.85. The van der Waals surface area contributed by atoms with Crippen LogP contribution in [0.1, 0.15) is 35.3 Å². The molecule has 0 saturated heterocycles. The molecule has 29 heavy (non-hydrogen) atoms. The summed E-state index contributed by atoms with van der Waals surface area (Å²) in [6, 6.07) is 9.44. The van der Waals surface area contributed by atoms with Gasteiger partial charge < -0.3 is 19.5 Å². The Balaban J connectivity index is 1.71. The van der Waals surface area contributed by atoms with Gasteiger partial charge in [-0.25, -0.2) is 4.79 Å². The Morgan fingerprint density at radius 3 is 2.45 bits per heavy atom. The standard InChI is InChI=1S/C21H17NO7/c1-12(23)28-18-7-3-14(9-19(18)29-13(2)24)4-8-20(25)22-16-5-6-17-15(10-16)11-27-21(17)26/h3-10H,11H2,1-2H3,(H,22,25)/b8-4+. The number of benzene rings is 2. The first kappa shape index (κ1) is 19.8. The highest BCUT2D eigenvalue weighted by Crippen LogP contribution is 2.29. The van der Waals surface area contributed by atoms with Crippen molar-refractivity contribution in [2.24, 2.45) is 0 Å². The number of carbonyl (C=O) groups is 4. The molecular weight excluding hydrogens is 378 g/mol. The van der Waals surface area contributed by atoms with E-state index in [1.54, 1.807) is 24.3 Å². The van der Waals surface area contributed by atoms with Gasteiger partial charge in [-0.2, -0.15) is 0 Å². The van der Waals surface area contributed by atoms with Crippen LogP contribution in [-0.4, -0.2) is 23.8 Å². The van der Waals surface area contributed by atoms with Crippen molar-refractivity contribution in [2.45, 2.75) is 20.5 Å². The topological polar surface area (TPSA) is 108 Å². The van der Waals surface area contributed by atoms with Crippen molar-refractivity contribution in [3.05, 3.63) is 59.2 Å². The predicted molar refractivity (Wildman–Crippen MR) is 102 cm³/mol. The molecule has 2 aromatic rings. The maximum absolute atomic E-state index is 12.2. The third kappa shape index (κ3) is 5.07. The molecule has 0 bridgehead atoms. The number of cyclic esters (lactones) is 1. The molecule has 2 aromatic carbocycles. The Bertz CT molecular complexity index is 1040. The molecule has 0 aromatic heterocycles. The Hall–Kier alpha value is -3.94. The van der Waals surface area contributed by atoms with Crippen LogP contribution in [-0.2, 0) is 25.7 Å². The molecule has 0 fully saturated rings. The Kier molecular flexibility index (Phi) is 5.73. The van der Waals surface area contributed by atoms with Gasteiger partial charge in [-0.05, 0) is 42.0 Å². The highest BCUT2D eigenvalue weighted by atomic mass is 16.6. The summed E-state index contributed by atoms with van der Waals surface area (Å²) >= 11 is 0. The number of rotatable bonds is 5. The number of fused-ring (bicyclic) bond motifs is 1. The van der Waals surface area contributed by atoms with Gasteiger partial charge in [0.05, 0.1) is 5.56 Å². The third-order valence-corrected chi connectivity index (χ3v) is 3.85. The fraction of sp³-hybridized carbons (Fsp3) is 0.143. The molecule has 3 rings (SSSR count). The molecule has 148 valence electrons. The number of hydrogen-bond acceptors (Lipinski definition) is 7. The van der Waals surface area contributed by atoms with Crippen molar-refractivity contribution >= 4 is 35.6 Å². The minimum atomic E-state index is -0.573. The molecule has 8 heteroatoms. The quantitative estimate of drug-likeness (QED) is 0.471. The fourth-order valence-corrected chi connectivity index (χ4v) is 2.67. The van der Waals surface area contributed by atoms with E-state index in [2.05, 4.69) is 5.32 Å². The first-order chi connectivity index (χ1) is 13.8. The average Bonchev–Trinajstić information content (AvgIpc) is 3.01. The van der Waals surface area contributed by atoms with E-state index >= 15 is 0 Å². The summed E-state index contributed by atoms with van der Waals surface area (Å²) in [6.07, 6.45) is 2.81. The van der Waals surface area contributed by atoms with Crippen LogP contribution in [0.3, 0.4) is 0 Å². The molecule has 0 saturated carbocycles. The van der Waals surface area contributed by atoms with E-state index < -0.39 is 17.8 Å². The average molecular weight is 395 g/mol. The summed E-state index contributed by atoms with van der Waals surface area (Å²) in [4.78, 5) is 46.0. The van der Waals surface area contributed by atoms with Crippen molar-refractivity contribution in [2.75, 3.05) is 5.32 Å². The molecule has 0 radical (unpaired) electrons. The fourth-order valence-electron chi connectivity index (χ4n) is 2.67. The van der Waals surface area contributed by atoms with Gasteiger partial charge in [0.2, 0.25) is 5.91 Å². The smallest absolute Gasteiger partial charge is 0.338 e. The summed E-state index contributed by atoms with van der Waals surface area (Å²) in [7, 11) is 0. The summed E-state index contributed by atoms with van der Waals surface area (Å²) in [5, 5.41) is 2.69. The van der Waals surface area contributed by atoms with E-state index in [0.29, 0.717) is 22.4 Å². The van der Waals surface area contributed by atoms with E-state index in [4.69, 9.17) is 14.2 Å². The predicted octanol–water partition coefficient (Wildman–Crippen LogP) is 2.86. The zero-order chi connectivity index (χ0) is 21.0. The molecule has 1 heterocycles. The second-order valence-electron chi connectivity index (χ2n) is 6.16. The van der Waals surface area contributed by atoms with Crippen LogP contribution < -0.4 is 14.8 Å². The van der Waals surface area contributed by atoms with Crippen LogP contribution in [0.2, 0.25) is 0 Å². The monoisotopic (exact) mass is 395 g/mol. The number of carbonyl (C=O) groups excluding carboxylic acids is 4. The Morgan fingerprint density at radius 2 is 1.72 bits per heavy atom. The van der Waals surface area contributed by atoms with Crippen LogP contribution in [0.15, 0.2) is 42.5 Å². The van der Waals surface area contributed by atoms with Crippen LogP contribution in [0, 0.1) is 0 Å². The van der Waals surface area contributed by atoms with Gasteiger partial charge in [0, 0.05) is 31.2 Å². The first-order valence-electron chi connectivity index (χ1n) is 8.62. The second-order valence-corrected chi connectivity index (χ2v) is 6.16. The molecular formula is C21H17NO7. The van der Waals surface area contributed by atoms with E-state index in [1.807, 2.05) is 0 Å². The number of hydrogen-bond donors (Lipinski definition) is 1. The van der Waals surface area contributed by atoms with Crippen LogP contribution in [0.25, 0.3) is 6.08 Å². The number of esters is 3. The minimum absolute atomic E-state index is 0.0681. The van der Waals surface area contributed by atoms with Crippen LogP contribution in [0.4, 0.5) is 5.69 Å². The van der Waals surface area contributed by atoms with Crippen molar-refractivity contribution in [3.8, 4) is 11.5 Å². The SMILES string of the molecule is CC(=O)Oc1ccc(/C=C/C(=O)Nc2ccc3c(c2)COC3=O)cc1OC(C)=O. The van der Waals surface area contributed by atoms with Crippen molar-refractivity contribution in [1.29, 1.82) is 0 Å². The first-order valence-corrected chi connectivity index (χ1v) is 8.62. The molecule has 0 atom stereocenters. The molecule has 0 aliphatic carbocycles. The van der Waals surface area contributed by atoms with Crippen molar-refractivity contribution in [1.82, 2.24) is 0 Å². The number of nitrogens with one attached hydrogen (secondary N) is 1. The molecule has 0 spiro atoms. The number of ether oxygens (including phenoxy) is 3. The number of amides is 1. The van der Waals surface area contributed by atoms with E-state index in [1.165, 1.54) is 38.1 Å². The molecule has 1 aliphatic rings. The maximum atomic E-state index is 12.2. The van der Waals surface area contributed by atoms with Gasteiger partial charge in [-0.15, -0.1) is 0 Å². The van der Waals surface area contributed by atoms with Crippen molar-refractivity contribution in [3.63, 3.8) is 0 Å². The summed E-state index contributed by atoms with van der Waals surface area (Å²) in [5.74, 6) is -1.73. The minimum Gasteiger partial charge on any atom is -0.457 e. The molecule has 1 N–H and O–H groups in total. The second kappa shape index (κ2) is 8.39. The summed E-state index contributed by atoms with van der Waals surface area (Å²) in [6.45, 7) is 2.64. The largest absolute Gasteiger partial charge is 0.457 e. The van der Waals surface area contributed by atoms with Gasteiger partial charge >= 0.3 is 17.9 Å². The van der Waals surface area contributed by atoms with Gasteiger partial charge in [-0.1, -0.05) is 6.07 Å². The van der Waals surface area contributed by atoms with Gasteiger partial charge in [-0.3, -0.25) is 14.4 Å². The van der Waals surface area contributed by atoms with Crippen LogP contribution in [0.5, 0.6) is 11.5 Å². The maximum Gasteiger partial charge on any atom is 0.338 e. The molecule has 1 aliphatic heterocycles. The summed E-state index contributed by atoms with van der Waals surface area (Å²) < 4.78 is 15.0. The van der Waals surface area contributed by atoms with Gasteiger partial charge in [0.15, 0.2) is 11.5 Å². The molecule has 1 amide bonds. The van der Waals surface area contributed by atoms with Crippen LogP contribution >= 0.6 is 0 Å². The zero-order valence-corrected chi connectivity index (χ0v) is 15.7.